The molecule has 4 heteroatoms. The highest BCUT2D eigenvalue weighted by molar-refractivity contribution is 6.28. The number of benzene rings is 5. The van der Waals surface area contributed by atoms with Crippen LogP contribution >= 0.6 is 11.6 Å². The van der Waals surface area contributed by atoms with Gasteiger partial charge in [0, 0.05) is 11.1 Å². The Kier molecular flexibility index (Phi) is 4.15. The van der Waals surface area contributed by atoms with Crippen LogP contribution in [0.1, 0.15) is 0 Å². The fraction of sp³-hybridized carbons (Fsp3) is 0. The van der Waals surface area contributed by atoms with Crippen LogP contribution in [0.25, 0.3) is 55.1 Å². The van der Waals surface area contributed by atoms with E-state index in [1.807, 2.05) is 30.3 Å². The monoisotopic (exact) mass is 417 g/mol. The van der Waals surface area contributed by atoms with Crippen LogP contribution in [-0.4, -0.2) is 15.0 Å². The van der Waals surface area contributed by atoms with Gasteiger partial charge in [-0.25, -0.2) is 4.98 Å². The summed E-state index contributed by atoms with van der Waals surface area (Å²) in [5.74, 6) is 1.14. The molecule has 0 radical (unpaired) electrons. The molecule has 146 valence electrons. The van der Waals surface area contributed by atoms with E-state index >= 15 is 0 Å². The second kappa shape index (κ2) is 7.15. The van der Waals surface area contributed by atoms with Gasteiger partial charge in [-0.3, -0.25) is 0 Å². The van der Waals surface area contributed by atoms with Crippen molar-refractivity contribution in [1.82, 2.24) is 15.0 Å². The second-order valence-electron chi connectivity index (χ2n) is 7.50. The smallest absolute Gasteiger partial charge is 0.208 e. The summed E-state index contributed by atoms with van der Waals surface area (Å²) in [4.78, 5) is 13.7. The number of nitrogens with zero attached hydrogens (tertiary/aromatic N) is 3. The Labute approximate surface area is 184 Å². The molecular formula is C27H16ClN3. The minimum absolute atomic E-state index is 0.186. The summed E-state index contributed by atoms with van der Waals surface area (Å²) >= 11 is 6.38. The van der Waals surface area contributed by atoms with Crippen molar-refractivity contribution in [2.24, 2.45) is 0 Å². The number of hydrogen-bond donors (Lipinski definition) is 0. The molecule has 0 saturated carbocycles. The Hall–Kier alpha value is -3.82. The molecule has 5 aromatic carbocycles. The topological polar surface area (TPSA) is 38.7 Å². The zero-order chi connectivity index (χ0) is 20.8. The first kappa shape index (κ1) is 18.0. The molecule has 0 atom stereocenters. The highest BCUT2D eigenvalue weighted by atomic mass is 35.5. The first-order valence-corrected chi connectivity index (χ1v) is 10.5. The highest BCUT2D eigenvalue weighted by Crippen LogP contribution is 2.34. The number of aromatic nitrogens is 3. The van der Waals surface area contributed by atoms with Crippen molar-refractivity contribution in [1.29, 1.82) is 0 Å². The fourth-order valence-electron chi connectivity index (χ4n) is 4.17. The molecule has 1 aromatic heterocycles. The maximum atomic E-state index is 6.38. The van der Waals surface area contributed by atoms with Gasteiger partial charge in [-0.05, 0) is 56.1 Å². The first-order valence-electron chi connectivity index (χ1n) is 10.1. The predicted molar refractivity (Wildman–Crippen MR) is 128 cm³/mol. The molecule has 0 aliphatic carbocycles. The summed E-state index contributed by atoms with van der Waals surface area (Å²) in [6.45, 7) is 0. The Balaban J connectivity index is 1.60. The summed E-state index contributed by atoms with van der Waals surface area (Å²) in [5, 5.41) is 7.09. The largest absolute Gasteiger partial charge is 0.226 e. The number of rotatable bonds is 2. The molecular weight excluding hydrogens is 402 g/mol. The lowest BCUT2D eigenvalue weighted by Gasteiger charge is -2.11. The summed E-state index contributed by atoms with van der Waals surface area (Å²) in [6.07, 6.45) is 0. The lowest BCUT2D eigenvalue weighted by molar-refractivity contribution is 1.07. The van der Waals surface area contributed by atoms with Crippen LogP contribution in [0.15, 0.2) is 97.1 Å². The van der Waals surface area contributed by atoms with Crippen molar-refractivity contribution >= 4 is 43.9 Å². The van der Waals surface area contributed by atoms with Crippen LogP contribution in [-0.2, 0) is 0 Å². The summed E-state index contributed by atoms with van der Waals surface area (Å²) in [5.41, 5.74) is 1.86. The molecule has 0 amide bonds. The van der Waals surface area contributed by atoms with Crippen LogP contribution < -0.4 is 0 Å². The van der Waals surface area contributed by atoms with Crippen LogP contribution in [0.4, 0.5) is 0 Å². The molecule has 0 saturated heterocycles. The second-order valence-corrected chi connectivity index (χ2v) is 7.84. The summed E-state index contributed by atoms with van der Waals surface area (Å²) < 4.78 is 0. The van der Waals surface area contributed by atoms with E-state index in [-0.39, 0.29) is 5.28 Å². The predicted octanol–water partition coefficient (Wildman–Crippen LogP) is 7.32. The maximum Gasteiger partial charge on any atom is 0.226 e. The fourth-order valence-corrected chi connectivity index (χ4v) is 4.33. The zero-order valence-electron chi connectivity index (χ0n) is 16.5. The van der Waals surface area contributed by atoms with Crippen LogP contribution in [0, 0.1) is 0 Å². The van der Waals surface area contributed by atoms with E-state index in [2.05, 4.69) is 76.7 Å². The molecule has 0 aliphatic heterocycles. The van der Waals surface area contributed by atoms with Gasteiger partial charge in [0.1, 0.15) is 0 Å². The molecule has 3 nitrogen and oxygen atoms in total. The minimum atomic E-state index is 0.186. The van der Waals surface area contributed by atoms with Gasteiger partial charge in [0.2, 0.25) is 5.28 Å². The standard InChI is InChI=1S/C27H16ClN3/c28-27-30-25(20-14-13-17-7-1-2-8-18(17)15-20)29-26(31-27)24-16-19-9-3-4-10-21(19)22-11-5-6-12-23(22)24/h1-16H. The zero-order valence-corrected chi connectivity index (χ0v) is 17.2. The van der Waals surface area contributed by atoms with E-state index in [1.54, 1.807) is 0 Å². The van der Waals surface area contributed by atoms with E-state index in [1.165, 1.54) is 16.2 Å². The van der Waals surface area contributed by atoms with Crippen molar-refractivity contribution in [3.05, 3.63) is 102 Å². The van der Waals surface area contributed by atoms with Crippen molar-refractivity contribution < 1.29 is 0 Å². The van der Waals surface area contributed by atoms with Gasteiger partial charge in [0.15, 0.2) is 11.6 Å². The average molecular weight is 418 g/mol. The van der Waals surface area contributed by atoms with Crippen LogP contribution in [0.2, 0.25) is 5.28 Å². The summed E-state index contributed by atoms with van der Waals surface area (Å²) in [7, 11) is 0. The minimum Gasteiger partial charge on any atom is -0.208 e. The lowest BCUT2D eigenvalue weighted by atomic mass is 9.97. The Morgan fingerprint density at radius 2 is 1.13 bits per heavy atom. The molecule has 31 heavy (non-hydrogen) atoms. The molecule has 0 unspecified atom stereocenters. The van der Waals surface area contributed by atoms with E-state index < -0.39 is 0 Å². The van der Waals surface area contributed by atoms with Crippen LogP contribution in [0.3, 0.4) is 0 Å². The SMILES string of the molecule is Clc1nc(-c2ccc3ccccc3c2)nc(-c2cc3ccccc3c3ccccc23)n1. The van der Waals surface area contributed by atoms with Crippen molar-refractivity contribution in [2.45, 2.75) is 0 Å². The number of fused-ring (bicyclic) bond motifs is 4. The van der Waals surface area contributed by atoms with Crippen molar-refractivity contribution in [3.8, 4) is 22.8 Å². The van der Waals surface area contributed by atoms with E-state index in [0.29, 0.717) is 11.6 Å². The van der Waals surface area contributed by atoms with Gasteiger partial charge in [0.05, 0.1) is 0 Å². The summed E-state index contributed by atoms with van der Waals surface area (Å²) in [6, 6.07) is 33.2. The Bertz CT molecular complexity index is 1610. The van der Waals surface area contributed by atoms with Crippen molar-refractivity contribution in [2.75, 3.05) is 0 Å². The third kappa shape index (κ3) is 3.11. The van der Waals surface area contributed by atoms with Gasteiger partial charge in [-0.1, -0.05) is 84.9 Å². The molecule has 0 aliphatic rings. The highest BCUT2D eigenvalue weighted by Gasteiger charge is 2.14. The molecule has 1 heterocycles. The third-order valence-electron chi connectivity index (χ3n) is 5.62. The molecule has 0 N–H and O–H groups in total. The number of halogens is 1. The third-order valence-corrected chi connectivity index (χ3v) is 5.79. The quantitative estimate of drug-likeness (QED) is 0.277. The average Bonchev–Trinajstić information content (AvgIpc) is 2.83. The van der Waals surface area contributed by atoms with Gasteiger partial charge in [0.25, 0.3) is 0 Å². The first-order chi connectivity index (χ1) is 15.3. The number of hydrogen-bond acceptors (Lipinski definition) is 3. The molecule has 0 bridgehead atoms. The lowest BCUT2D eigenvalue weighted by Crippen LogP contribution is -1.98. The van der Waals surface area contributed by atoms with Crippen molar-refractivity contribution in [3.63, 3.8) is 0 Å². The van der Waals surface area contributed by atoms with E-state index in [0.717, 1.165) is 27.3 Å². The Morgan fingerprint density at radius 1 is 0.484 bits per heavy atom. The maximum absolute atomic E-state index is 6.38. The van der Waals surface area contributed by atoms with Gasteiger partial charge >= 0.3 is 0 Å². The van der Waals surface area contributed by atoms with Gasteiger partial charge in [-0.15, -0.1) is 0 Å². The molecule has 0 fully saturated rings. The normalized spacial score (nSPS) is 11.4. The molecule has 6 aromatic rings. The van der Waals surface area contributed by atoms with E-state index in [4.69, 9.17) is 16.6 Å². The van der Waals surface area contributed by atoms with Gasteiger partial charge < -0.3 is 0 Å². The Morgan fingerprint density at radius 3 is 1.97 bits per heavy atom. The molecule has 0 spiro atoms. The molecule has 6 rings (SSSR count). The van der Waals surface area contributed by atoms with Gasteiger partial charge in [-0.2, -0.15) is 9.97 Å². The van der Waals surface area contributed by atoms with E-state index in [9.17, 15) is 0 Å². The van der Waals surface area contributed by atoms with Crippen LogP contribution in [0.5, 0.6) is 0 Å².